The van der Waals surface area contributed by atoms with Crippen LogP contribution in [-0.4, -0.2) is 33.4 Å². The van der Waals surface area contributed by atoms with Crippen LogP contribution in [0, 0.1) is 0 Å². The first-order valence-corrected chi connectivity index (χ1v) is 14.3. The van der Waals surface area contributed by atoms with Crippen molar-refractivity contribution in [3.63, 3.8) is 0 Å². The second-order valence-corrected chi connectivity index (χ2v) is 9.35. The summed E-state index contributed by atoms with van der Waals surface area (Å²) < 4.78 is 22.3. The minimum atomic E-state index is 0.00789. The highest BCUT2D eigenvalue weighted by atomic mass is 16.7. The Kier molecular flexibility index (Phi) is 28.9. The van der Waals surface area contributed by atoms with Gasteiger partial charge < -0.3 is 18.9 Å². The van der Waals surface area contributed by atoms with E-state index in [9.17, 15) is 0 Å². The van der Waals surface area contributed by atoms with Crippen molar-refractivity contribution in [2.24, 2.45) is 0 Å². The summed E-state index contributed by atoms with van der Waals surface area (Å²) in [4.78, 5) is 0. The highest BCUT2D eigenvalue weighted by molar-refractivity contribution is 4.72. The Morgan fingerprint density at radius 2 is 1.06 bits per heavy atom. The number of ether oxygens (including phenoxy) is 4. The minimum Gasteiger partial charge on any atom is -0.476 e. The van der Waals surface area contributed by atoms with Gasteiger partial charge >= 0.3 is 0 Å². The fourth-order valence-corrected chi connectivity index (χ4v) is 3.93. The zero-order valence-corrected chi connectivity index (χ0v) is 22.6. The molecule has 0 aliphatic heterocycles. The van der Waals surface area contributed by atoms with E-state index < -0.39 is 0 Å². The summed E-state index contributed by atoms with van der Waals surface area (Å²) >= 11 is 0. The molecular formula is C29H58O4. The molecule has 4 heteroatoms. The van der Waals surface area contributed by atoms with E-state index >= 15 is 0 Å². The zero-order valence-electron chi connectivity index (χ0n) is 22.6. The summed E-state index contributed by atoms with van der Waals surface area (Å²) in [5, 5.41) is 0. The molecule has 0 spiro atoms. The molecule has 0 aliphatic carbocycles. The SMILES string of the molecule is CCCCCCCCOC(CCCCCCCCC=COCOC)OCCCCCCCC. The Morgan fingerprint density at radius 3 is 1.61 bits per heavy atom. The Labute approximate surface area is 207 Å². The number of allylic oxidation sites excluding steroid dienone is 1. The molecule has 0 saturated carbocycles. The highest BCUT2D eigenvalue weighted by Gasteiger charge is 2.09. The average Bonchev–Trinajstić information content (AvgIpc) is 2.83. The van der Waals surface area contributed by atoms with Gasteiger partial charge in [-0.15, -0.1) is 0 Å². The molecule has 0 N–H and O–H groups in total. The van der Waals surface area contributed by atoms with Gasteiger partial charge in [0.1, 0.15) is 0 Å². The normalized spacial score (nSPS) is 11.8. The van der Waals surface area contributed by atoms with Gasteiger partial charge in [0.05, 0.1) is 6.26 Å². The summed E-state index contributed by atoms with van der Waals surface area (Å²) in [6.07, 6.45) is 29.3. The van der Waals surface area contributed by atoms with Crippen LogP contribution in [0.3, 0.4) is 0 Å². The fraction of sp³-hybridized carbons (Fsp3) is 0.931. The largest absolute Gasteiger partial charge is 0.476 e. The van der Waals surface area contributed by atoms with Crippen molar-refractivity contribution in [1.82, 2.24) is 0 Å². The Hall–Kier alpha value is -0.580. The van der Waals surface area contributed by atoms with Crippen molar-refractivity contribution < 1.29 is 18.9 Å². The number of unbranched alkanes of at least 4 members (excludes halogenated alkanes) is 16. The molecule has 0 fully saturated rings. The molecule has 0 rings (SSSR count). The van der Waals surface area contributed by atoms with Gasteiger partial charge in [0.15, 0.2) is 13.1 Å². The van der Waals surface area contributed by atoms with E-state index in [2.05, 4.69) is 19.9 Å². The molecule has 0 unspecified atom stereocenters. The van der Waals surface area contributed by atoms with Crippen LogP contribution in [0.5, 0.6) is 0 Å². The Morgan fingerprint density at radius 1 is 0.576 bits per heavy atom. The van der Waals surface area contributed by atoms with E-state index in [-0.39, 0.29) is 6.29 Å². The van der Waals surface area contributed by atoms with Crippen LogP contribution >= 0.6 is 0 Å². The smallest absolute Gasteiger partial charge is 0.187 e. The van der Waals surface area contributed by atoms with Crippen LogP contribution in [-0.2, 0) is 18.9 Å². The van der Waals surface area contributed by atoms with Crippen molar-refractivity contribution >= 4 is 0 Å². The van der Waals surface area contributed by atoms with Gasteiger partial charge in [-0.3, -0.25) is 0 Å². The summed E-state index contributed by atoms with van der Waals surface area (Å²) in [6.45, 7) is 6.59. The van der Waals surface area contributed by atoms with Crippen LogP contribution in [0.15, 0.2) is 12.3 Å². The van der Waals surface area contributed by atoms with Crippen LogP contribution < -0.4 is 0 Å². The molecule has 0 saturated heterocycles. The van der Waals surface area contributed by atoms with Crippen molar-refractivity contribution in [3.8, 4) is 0 Å². The van der Waals surface area contributed by atoms with Crippen molar-refractivity contribution in [2.75, 3.05) is 27.1 Å². The van der Waals surface area contributed by atoms with E-state index in [1.807, 2.05) is 0 Å². The molecule has 0 bridgehead atoms. The first kappa shape index (κ1) is 32.4. The molecule has 198 valence electrons. The number of methoxy groups -OCH3 is 1. The predicted molar refractivity (Wildman–Crippen MR) is 141 cm³/mol. The monoisotopic (exact) mass is 470 g/mol. The molecule has 0 radical (unpaired) electrons. The Bertz CT molecular complexity index is 355. The van der Waals surface area contributed by atoms with Gasteiger partial charge in [-0.2, -0.15) is 0 Å². The topological polar surface area (TPSA) is 36.9 Å². The maximum absolute atomic E-state index is 6.14. The first-order chi connectivity index (χ1) is 16.3. The molecule has 0 aliphatic rings. The number of rotatable bonds is 28. The number of hydrogen-bond donors (Lipinski definition) is 0. The number of hydrogen-bond acceptors (Lipinski definition) is 4. The van der Waals surface area contributed by atoms with Gasteiger partial charge in [0.2, 0.25) is 0 Å². The third-order valence-electron chi connectivity index (χ3n) is 6.04. The molecule has 0 aromatic carbocycles. The third-order valence-corrected chi connectivity index (χ3v) is 6.04. The molecule has 0 heterocycles. The quantitative estimate of drug-likeness (QED) is 0.0648. The summed E-state index contributed by atoms with van der Waals surface area (Å²) in [5.41, 5.74) is 0. The van der Waals surface area contributed by atoms with Crippen molar-refractivity contribution in [3.05, 3.63) is 12.3 Å². The molecule has 33 heavy (non-hydrogen) atoms. The zero-order chi connectivity index (χ0) is 24.1. The lowest BCUT2D eigenvalue weighted by Crippen LogP contribution is -2.19. The second-order valence-electron chi connectivity index (χ2n) is 9.35. The molecule has 0 amide bonds. The van der Waals surface area contributed by atoms with E-state index in [0.717, 1.165) is 26.1 Å². The van der Waals surface area contributed by atoms with E-state index in [0.29, 0.717) is 6.79 Å². The lowest BCUT2D eigenvalue weighted by Gasteiger charge is -2.19. The summed E-state index contributed by atoms with van der Waals surface area (Å²) in [6, 6.07) is 0. The van der Waals surface area contributed by atoms with Crippen molar-refractivity contribution in [1.29, 1.82) is 0 Å². The van der Waals surface area contributed by atoms with Gasteiger partial charge in [-0.05, 0) is 44.6 Å². The molecule has 0 aromatic heterocycles. The standard InChI is InChI=1S/C29H58O4/c1-4-6-8-10-18-22-26-32-29(33-27-23-19-11-9-7-5-2)24-20-16-14-12-13-15-17-21-25-31-28-30-3/h21,25,29H,4-20,22-24,26-28H2,1-3H3. The van der Waals surface area contributed by atoms with Crippen LogP contribution in [0.1, 0.15) is 142 Å². The molecule has 4 nitrogen and oxygen atoms in total. The third kappa shape index (κ3) is 27.5. The van der Waals surface area contributed by atoms with Gasteiger partial charge in [-0.25, -0.2) is 0 Å². The van der Waals surface area contributed by atoms with Crippen LogP contribution in [0.25, 0.3) is 0 Å². The summed E-state index contributed by atoms with van der Waals surface area (Å²) in [7, 11) is 1.64. The maximum Gasteiger partial charge on any atom is 0.187 e. The lowest BCUT2D eigenvalue weighted by molar-refractivity contribution is -0.148. The van der Waals surface area contributed by atoms with E-state index in [4.69, 9.17) is 18.9 Å². The molecular weight excluding hydrogens is 412 g/mol. The maximum atomic E-state index is 6.14. The Balaban J connectivity index is 3.81. The van der Waals surface area contributed by atoms with E-state index in [1.165, 1.54) is 116 Å². The fourth-order valence-electron chi connectivity index (χ4n) is 3.93. The van der Waals surface area contributed by atoms with Crippen LogP contribution in [0.2, 0.25) is 0 Å². The van der Waals surface area contributed by atoms with Crippen LogP contribution in [0.4, 0.5) is 0 Å². The molecule has 0 aromatic rings. The molecule has 0 atom stereocenters. The highest BCUT2D eigenvalue weighted by Crippen LogP contribution is 2.14. The lowest BCUT2D eigenvalue weighted by atomic mass is 10.1. The van der Waals surface area contributed by atoms with Crippen molar-refractivity contribution in [2.45, 2.75) is 149 Å². The predicted octanol–water partition coefficient (Wildman–Crippen LogP) is 9.32. The second kappa shape index (κ2) is 29.5. The average molecular weight is 471 g/mol. The summed E-state index contributed by atoms with van der Waals surface area (Å²) in [5.74, 6) is 0. The van der Waals surface area contributed by atoms with Gasteiger partial charge in [0, 0.05) is 20.3 Å². The first-order valence-electron chi connectivity index (χ1n) is 14.3. The van der Waals surface area contributed by atoms with Gasteiger partial charge in [-0.1, -0.05) is 104 Å². The van der Waals surface area contributed by atoms with E-state index in [1.54, 1.807) is 13.4 Å². The minimum absolute atomic E-state index is 0.00789. The van der Waals surface area contributed by atoms with Gasteiger partial charge in [0.25, 0.3) is 0 Å².